The minimum absolute atomic E-state index is 0. The molecule has 0 unspecified atom stereocenters. The number of halogens is 2. The number of carbonyl (C=O) groups excluding carboxylic acids is 1. The van der Waals surface area contributed by atoms with Crippen molar-refractivity contribution in [2.75, 3.05) is 18.9 Å². The number of carboxylic acids is 1. The van der Waals surface area contributed by atoms with Gasteiger partial charge in [-0.15, -0.1) is 23.7 Å². The van der Waals surface area contributed by atoms with Gasteiger partial charge in [-0.2, -0.15) is 10.5 Å². The van der Waals surface area contributed by atoms with E-state index < -0.39 is 18.0 Å². The zero-order valence-electron chi connectivity index (χ0n) is 23.4. The summed E-state index contributed by atoms with van der Waals surface area (Å²) in [5.41, 5.74) is 14.8. The van der Waals surface area contributed by atoms with E-state index in [9.17, 15) is 20.1 Å². The van der Waals surface area contributed by atoms with Gasteiger partial charge in [0.05, 0.1) is 11.3 Å². The first-order chi connectivity index (χ1) is 21.2. The lowest BCUT2D eigenvalue weighted by Crippen LogP contribution is -2.33. The zero-order chi connectivity index (χ0) is 31.6. The van der Waals surface area contributed by atoms with Crippen molar-refractivity contribution in [3.05, 3.63) is 75.8 Å². The number of benzene rings is 2. The molecule has 1 atom stereocenters. The third-order valence-corrected chi connectivity index (χ3v) is 8.33. The van der Waals surface area contributed by atoms with Gasteiger partial charge < -0.3 is 26.0 Å². The summed E-state index contributed by atoms with van der Waals surface area (Å²) in [6.45, 7) is -0.0524. The van der Waals surface area contributed by atoms with Crippen molar-refractivity contribution in [1.82, 2.24) is 9.97 Å². The number of ether oxygens (including phenoxy) is 2. The average Bonchev–Trinajstić information content (AvgIpc) is 3.50. The van der Waals surface area contributed by atoms with Crippen molar-refractivity contribution < 1.29 is 24.2 Å². The smallest absolute Gasteiger partial charge is 0.323 e. The topological polar surface area (TPSA) is 198 Å². The van der Waals surface area contributed by atoms with Crippen LogP contribution in [0, 0.1) is 22.7 Å². The molecule has 0 spiro atoms. The molecule has 0 radical (unpaired) electrons. The van der Waals surface area contributed by atoms with Gasteiger partial charge in [-0.3, -0.25) is 9.59 Å². The zero-order valence-corrected chi connectivity index (χ0v) is 26.6. The molecule has 0 aliphatic carbocycles. The highest BCUT2D eigenvalue weighted by molar-refractivity contribution is 7.98. The van der Waals surface area contributed by atoms with Crippen molar-refractivity contribution in [3.8, 4) is 39.6 Å². The van der Waals surface area contributed by atoms with Crippen molar-refractivity contribution in [2.24, 2.45) is 5.73 Å². The van der Waals surface area contributed by atoms with E-state index in [4.69, 9.17) is 37.6 Å². The predicted molar refractivity (Wildman–Crippen MR) is 174 cm³/mol. The number of nitrogen functional groups attached to an aromatic ring is 1. The third kappa shape index (κ3) is 9.31. The van der Waals surface area contributed by atoms with Crippen LogP contribution in [0.2, 0.25) is 5.02 Å². The molecular formula is C30H26Cl2N6O5S2. The van der Waals surface area contributed by atoms with Gasteiger partial charge in [0.1, 0.15) is 58.6 Å². The molecule has 45 heavy (non-hydrogen) atoms. The number of thiazole rings is 1. The molecule has 0 fully saturated rings. The van der Waals surface area contributed by atoms with E-state index in [2.05, 4.69) is 22.1 Å². The molecular weight excluding hydrogens is 659 g/mol. The van der Waals surface area contributed by atoms with Gasteiger partial charge in [-0.1, -0.05) is 47.6 Å². The number of anilines is 1. The van der Waals surface area contributed by atoms with E-state index in [1.165, 1.54) is 23.1 Å². The Bertz CT molecular complexity index is 1740. The van der Waals surface area contributed by atoms with E-state index in [-0.39, 0.29) is 55.4 Å². The second kappa shape index (κ2) is 16.6. The van der Waals surface area contributed by atoms with Crippen molar-refractivity contribution >= 4 is 64.9 Å². The van der Waals surface area contributed by atoms with Gasteiger partial charge in [0.15, 0.2) is 0 Å². The maximum Gasteiger partial charge on any atom is 0.323 e. The molecule has 4 aromatic rings. The SMILES string of the molecule is Cl.N#Cc1c(N)nc(SCc2csc(-c3ccc(Cl)cc3)n2)c(C#N)c1-c1ccc(OCCOC(=O)[C@@H](N)CCC(=O)O)cc1. The van der Waals surface area contributed by atoms with Crippen LogP contribution in [-0.2, 0) is 20.1 Å². The molecule has 232 valence electrons. The molecule has 2 aromatic carbocycles. The van der Waals surface area contributed by atoms with E-state index in [1.807, 2.05) is 17.5 Å². The van der Waals surface area contributed by atoms with Gasteiger partial charge in [0.25, 0.3) is 0 Å². The van der Waals surface area contributed by atoms with Crippen LogP contribution in [0.1, 0.15) is 29.7 Å². The second-order valence-corrected chi connectivity index (χ2v) is 11.4. The molecule has 0 amide bonds. The summed E-state index contributed by atoms with van der Waals surface area (Å²) >= 11 is 8.78. The monoisotopic (exact) mass is 684 g/mol. The molecule has 0 saturated heterocycles. The minimum Gasteiger partial charge on any atom is -0.490 e. The molecule has 0 bridgehead atoms. The second-order valence-electron chi connectivity index (χ2n) is 9.17. The number of nitriles is 2. The Balaban J connectivity index is 0.00000552. The van der Waals surface area contributed by atoms with Gasteiger partial charge >= 0.3 is 11.9 Å². The average molecular weight is 686 g/mol. The summed E-state index contributed by atoms with van der Waals surface area (Å²) in [6.07, 6.45) is -0.261. The largest absolute Gasteiger partial charge is 0.490 e. The van der Waals surface area contributed by atoms with E-state index in [1.54, 1.807) is 36.4 Å². The first kappa shape index (κ1) is 35.1. The first-order valence-corrected chi connectivity index (χ1v) is 15.3. The Hall–Kier alpha value is -4.37. The molecule has 0 aliphatic heterocycles. The van der Waals surface area contributed by atoms with Crippen LogP contribution >= 0.6 is 47.1 Å². The molecule has 0 saturated carbocycles. The van der Waals surface area contributed by atoms with Crippen LogP contribution in [-0.4, -0.2) is 46.3 Å². The number of hydrogen-bond acceptors (Lipinski definition) is 12. The summed E-state index contributed by atoms with van der Waals surface area (Å²) in [5, 5.41) is 32.4. The Morgan fingerprint density at radius 2 is 1.69 bits per heavy atom. The fraction of sp³-hybridized carbons (Fsp3) is 0.200. The summed E-state index contributed by atoms with van der Waals surface area (Å²) in [7, 11) is 0. The number of thioether (sulfide) groups is 1. The first-order valence-electron chi connectivity index (χ1n) is 13.0. The van der Waals surface area contributed by atoms with Crippen LogP contribution in [0.4, 0.5) is 5.82 Å². The molecule has 4 rings (SSSR count). The summed E-state index contributed by atoms with van der Waals surface area (Å²) in [5.74, 6) is -0.869. The van der Waals surface area contributed by atoms with Crippen LogP contribution < -0.4 is 16.2 Å². The van der Waals surface area contributed by atoms with Crippen LogP contribution in [0.3, 0.4) is 0 Å². The Kier molecular flexibility index (Phi) is 13.0. The summed E-state index contributed by atoms with van der Waals surface area (Å²) in [6, 6.07) is 17.3. The third-order valence-electron chi connectivity index (χ3n) is 6.13. The molecule has 15 heteroatoms. The molecule has 2 heterocycles. The van der Waals surface area contributed by atoms with E-state index >= 15 is 0 Å². The van der Waals surface area contributed by atoms with Crippen molar-refractivity contribution in [3.63, 3.8) is 0 Å². The number of carboxylic acid groups (broad SMARTS) is 1. The fourth-order valence-electron chi connectivity index (χ4n) is 3.96. The molecule has 11 nitrogen and oxygen atoms in total. The number of hydrogen-bond donors (Lipinski definition) is 3. The maximum atomic E-state index is 11.9. The Labute approximate surface area is 278 Å². The number of aromatic nitrogens is 2. The highest BCUT2D eigenvalue weighted by atomic mass is 35.5. The predicted octanol–water partition coefficient (Wildman–Crippen LogP) is 5.68. The van der Waals surface area contributed by atoms with Crippen molar-refractivity contribution in [2.45, 2.75) is 29.7 Å². The standard InChI is InChI=1S/C30H25ClN6O5S2.ClH/c31-19-5-1-18(2-6-19)28-36-20(15-43-28)16-44-29-23(14-33)26(22(13-32)27(35)37-29)17-3-7-21(8-4-17)41-11-12-42-30(40)24(34)9-10-25(38)39;/h1-8,15,24H,9-12,16,34H2,(H2,35,37)(H,38,39);1H/t24-;/m0./s1. The molecule has 0 aliphatic rings. The number of nitrogens with two attached hydrogens (primary N) is 2. The number of esters is 1. The maximum absolute atomic E-state index is 11.9. The van der Waals surface area contributed by atoms with Gasteiger partial charge in [0, 0.05) is 33.7 Å². The van der Waals surface area contributed by atoms with E-state index in [0.29, 0.717) is 32.7 Å². The highest BCUT2D eigenvalue weighted by Crippen LogP contribution is 2.37. The normalized spacial score (nSPS) is 11.0. The quantitative estimate of drug-likeness (QED) is 0.0886. The van der Waals surface area contributed by atoms with Crippen molar-refractivity contribution in [1.29, 1.82) is 10.5 Å². The Morgan fingerprint density at radius 3 is 2.33 bits per heavy atom. The number of rotatable bonds is 13. The number of pyridine rings is 1. The van der Waals surface area contributed by atoms with Crippen LogP contribution in [0.15, 0.2) is 58.9 Å². The van der Waals surface area contributed by atoms with Crippen LogP contribution in [0.5, 0.6) is 5.75 Å². The number of nitrogens with zero attached hydrogens (tertiary/aromatic N) is 4. The molecule has 5 N–H and O–H groups in total. The lowest BCUT2D eigenvalue weighted by atomic mass is 9.97. The lowest BCUT2D eigenvalue weighted by molar-refractivity contribution is -0.146. The van der Waals surface area contributed by atoms with E-state index in [0.717, 1.165) is 16.3 Å². The number of aliphatic carboxylic acids is 1. The number of carbonyl (C=O) groups is 2. The minimum atomic E-state index is -1.05. The van der Waals surface area contributed by atoms with Gasteiger partial charge in [-0.05, 0) is 36.2 Å². The highest BCUT2D eigenvalue weighted by Gasteiger charge is 2.21. The lowest BCUT2D eigenvalue weighted by Gasteiger charge is -2.14. The molecule has 2 aromatic heterocycles. The summed E-state index contributed by atoms with van der Waals surface area (Å²) < 4.78 is 10.7. The van der Waals surface area contributed by atoms with Gasteiger partial charge in [0.2, 0.25) is 0 Å². The Morgan fingerprint density at radius 1 is 1.02 bits per heavy atom. The van der Waals surface area contributed by atoms with Gasteiger partial charge in [-0.25, -0.2) is 9.97 Å². The fourth-order valence-corrected chi connectivity index (χ4v) is 5.90. The summed E-state index contributed by atoms with van der Waals surface area (Å²) in [4.78, 5) is 31.5. The van der Waals surface area contributed by atoms with Crippen LogP contribution in [0.25, 0.3) is 21.7 Å².